The Labute approximate surface area is 160 Å². The lowest BCUT2D eigenvalue weighted by molar-refractivity contribution is 0.123. The first-order valence-electron chi connectivity index (χ1n) is 9.29. The fraction of sp³-hybridized carbons (Fsp3) is 0.167. The average molecular weight is 357 g/mol. The van der Waals surface area contributed by atoms with Crippen molar-refractivity contribution in [3.8, 4) is 5.75 Å². The molecule has 3 heteroatoms. The Hall–Kier alpha value is -3.04. The molecule has 0 saturated heterocycles. The smallest absolute Gasteiger partial charge is 0.121 e. The molecule has 0 N–H and O–H groups in total. The van der Waals surface area contributed by atoms with E-state index in [9.17, 15) is 0 Å². The van der Waals surface area contributed by atoms with Gasteiger partial charge in [-0.1, -0.05) is 66.7 Å². The van der Waals surface area contributed by atoms with E-state index >= 15 is 0 Å². The first-order chi connectivity index (χ1) is 13.4. The summed E-state index contributed by atoms with van der Waals surface area (Å²) in [6, 6.07) is 28.8. The molecule has 0 fully saturated rings. The largest absolute Gasteiger partial charge is 0.489 e. The molecule has 1 heterocycles. The van der Waals surface area contributed by atoms with Crippen molar-refractivity contribution in [2.75, 3.05) is 11.7 Å². The molecule has 0 aliphatic carbocycles. The van der Waals surface area contributed by atoms with E-state index in [1.54, 1.807) is 0 Å². The lowest BCUT2D eigenvalue weighted by Gasteiger charge is -2.26. The third-order valence-corrected chi connectivity index (χ3v) is 4.55. The molecule has 0 amide bonds. The monoisotopic (exact) mass is 357 g/mol. The van der Waals surface area contributed by atoms with Crippen molar-refractivity contribution in [1.29, 1.82) is 0 Å². The molecule has 3 aromatic carbocycles. The summed E-state index contributed by atoms with van der Waals surface area (Å²) >= 11 is 0. The van der Waals surface area contributed by atoms with Gasteiger partial charge < -0.3 is 4.74 Å². The number of rotatable bonds is 6. The van der Waals surface area contributed by atoms with Crippen LogP contribution in [0.1, 0.15) is 17.5 Å². The second kappa shape index (κ2) is 8.56. The van der Waals surface area contributed by atoms with Crippen LogP contribution in [0.15, 0.2) is 96.7 Å². The third kappa shape index (κ3) is 4.78. The molecule has 1 aliphatic rings. The number of hydroxylamine groups is 1. The SMILES string of the molecule is C1=C(Cc2ccccc2)CCON1c1cccc(OCc2ccccc2)c1. The second-order valence-electron chi connectivity index (χ2n) is 6.63. The van der Waals surface area contributed by atoms with Crippen LogP contribution in [0.2, 0.25) is 0 Å². The van der Waals surface area contributed by atoms with Gasteiger partial charge in [0.05, 0.1) is 12.3 Å². The Morgan fingerprint density at radius 3 is 2.33 bits per heavy atom. The zero-order valence-electron chi connectivity index (χ0n) is 15.3. The predicted octanol–water partition coefficient (Wildman–Crippen LogP) is 5.53. The van der Waals surface area contributed by atoms with E-state index in [-0.39, 0.29) is 0 Å². The molecule has 3 nitrogen and oxygen atoms in total. The van der Waals surface area contributed by atoms with Crippen LogP contribution in [0.3, 0.4) is 0 Å². The van der Waals surface area contributed by atoms with Crippen LogP contribution in [0, 0.1) is 0 Å². The summed E-state index contributed by atoms with van der Waals surface area (Å²) in [7, 11) is 0. The Kier molecular flexibility index (Phi) is 5.51. The van der Waals surface area contributed by atoms with Crippen LogP contribution in [-0.4, -0.2) is 6.61 Å². The molecule has 0 saturated carbocycles. The summed E-state index contributed by atoms with van der Waals surface area (Å²) in [4.78, 5) is 5.85. The Balaban J connectivity index is 1.45. The van der Waals surface area contributed by atoms with Crippen molar-refractivity contribution in [1.82, 2.24) is 0 Å². The van der Waals surface area contributed by atoms with Crippen molar-refractivity contribution < 1.29 is 9.57 Å². The maximum absolute atomic E-state index is 5.94. The molecule has 0 bridgehead atoms. The Morgan fingerprint density at radius 2 is 1.56 bits per heavy atom. The van der Waals surface area contributed by atoms with Crippen LogP contribution in [0.25, 0.3) is 0 Å². The average Bonchev–Trinajstić information content (AvgIpc) is 2.74. The first kappa shape index (κ1) is 17.4. The molecular formula is C24H23NO2. The highest BCUT2D eigenvalue weighted by atomic mass is 16.7. The van der Waals surface area contributed by atoms with E-state index in [1.165, 1.54) is 11.1 Å². The minimum atomic E-state index is 0.556. The summed E-state index contributed by atoms with van der Waals surface area (Å²) in [5.74, 6) is 0.837. The number of ether oxygens (including phenoxy) is 1. The second-order valence-corrected chi connectivity index (χ2v) is 6.63. The standard InChI is InChI=1S/C24H23NO2/c1-3-8-20(9-4-1)16-22-14-15-27-25(18-22)23-12-7-13-24(17-23)26-19-21-10-5-2-6-11-21/h1-13,17-18H,14-16,19H2. The van der Waals surface area contributed by atoms with Crippen LogP contribution in [-0.2, 0) is 17.9 Å². The van der Waals surface area contributed by atoms with Crippen molar-refractivity contribution >= 4 is 5.69 Å². The van der Waals surface area contributed by atoms with Gasteiger partial charge in [-0.05, 0) is 41.7 Å². The number of benzene rings is 3. The van der Waals surface area contributed by atoms with E-state index in [4.69, 9.17) is 9.57 Å². The molecule has 0 unspecified atom stereocenters. The number of nitrogens with zero attached hydrogens (tertiary/aromatic N) is 1. The lowest BCUT2D eigenvalue weighted by Crippen LogP contribution is -2.23. The quantitative estimate of drug-likeness (QED) is 0.579. The van der Waals surface area contributed by atoms with Crippen LogP contribution in [0.5, 0.6) is 5.75 Å². The van der Waals surface area contributed by atoms with Gasteiger partial charge in [0.15, 0.2) is 0 Å². The molecule has 0 radical (unpaired) electrons. The highest BCUT2D eigenvalue weighted by molar-refractivity contribution is 5.51. The van der Waals surface area contributed by atoms with E-state index in [0.29, 0.717) is 13.2 Å². The van der Waals surface area contributed by atoms with Gasteiger partial charge in [0.2, 0.25) is 0 Å². The molecule has 1 aliphatic heterocycles. The zero-order valence-corrected chi connectivity index (χ0v) is 15.3. The summed E-state index contributed by atoms with van der Waals surface area (Å²) in [5, 5.41) is 1.86. The van der Waals surface area contributed by atoms with Gasteiger partial charge in [0.1, 0.15) is 12.4 Å². The van der Waals surface area contributed by atoms with Crippen molar-refractivity contribution in [3.05, 3.63) is 108 Å². The fourth-order valence-electron chi connectivity index (χ4n) is 3.14. The van der Waals surface area contributed by atoms with Gasteiger partial charge >= 0.3 is 0 Å². The first-order valence-corrected chi connectivity index (χ1v) is 9.29. The van der Waals surface area contributed by atoms with Gasteiger partial charge in [-0.3, -0.25) is 4.84 Å². The maximum Gasteiger partial charge on any atom is 0.121 e. The molecule has 136 valence electrons. The van der Waals surface area contributed by atoms with Gasteiger partial charge in [-0.25, -0.2) is 5.06 Å². The van der Waals surface area contributed by atoms with E-state index < -0.39 is 0 Å². The third-order valence-electron chi connectivity index (χ3n) is 4.55. The summed E-state index contributed by atoms with van der Waals surface area (Å²) in [5.41, 5.74) is 4.82. The summed E-state index contributed by atoms with van der Waals surface area (Å²) in [6.45, 7) is 1.24. The Bertz CT molecular complexity index is 891. The highest BCUT2D eigenvalue weighted by Gasteiger charge is 2.14. The molecule has 0 atom stereocenters. The highest BCUT2D eigenvalue weighted by Crippen LogP contribution is 2.26. The molecule has 4 rings (SSSR count). The topological polar surface area (TPSA) is 21.7 Å². The number of hydrogen-bond acceptors (Lipinski definition) is 3. The normalized spacial score (nSPS) is 13.9. The molecular weight excluding hydrogens is 334 g/mol. The number of hydrogen-bond donors (Lipinski definition) is 0. The zero-order chi connectivity index (χ0) is 18.3. The Morgan fingerprint density at radius 1 is 0.815 bits per heavy atom. The van der Waals surface area contributed by atoms with E-state index in [0.717, 1.165) is 29.8 Å². The summed E-state index contributed by atoms with van der Waals surface area (Å²) < 4.78 is 5.94. The van der Waals surface area contributed by atoms with Crippen LogP contribution in [0.4, 0.5) is 5.69 Å². The van der Waals surface area contributed by atoms with E-state index in [1.807, 2.05) is 47.5 Å². The fourth-order valence-corrected chi connectivity index (χ4v) is 3.14. The minimum Gasteiger partial charge on any atom is -0.489 e. The maximum atomic E-state index is 5.94. The summed E-state index contributed by atoms with van der Waals surface area (Å²) in [6.07, 6.45) is 4.01. The predicted molar refractivity (Wildman–Crippen MR) is 108 cm³/mol. The molecule has 27 heavy (non-hydrogen) atoms. The van der Waals surface area contributed by atoms with Gasteiger partial charge in [0, 0.05) is 12.3 Å². The van der Waals surface area contributed by atoms with Crippen molar-refractivity contribution in [2.45, 2.75) is 19.4 Å². The van der Waals surface area contributed by atoms with Gasteiger partial charge in [0.25, 0.3) is 0 Å². The van der Waals surface area contributed by atoms with Crippen molar-refractivity contribution in [3.63, 3.8) is 0 Å². The molecule has 3 aromatic rings. The van der Waals surface area contributed by atoms with Crippen molar-refractivity contribution in [2.24, 2.45) is 0 Å². The van der Waals surface area contributed by atoms with Gasteiger partial charge in [-0.15, -0.1) is 0 Å². The molecule has 0 spiro atoms. The van der Waals surface area contributed by atoms with Gasteiger partial charge in [-0.2, -0.15) is 0 Å². The molecule has 0 aromatic heterocycles. The minimum absolute atomic E-state index is 0.556. The lowest BCUT2D eigenvalue weighted by atomic mass is 10.0. The van der Waals surface area contributed by atoms with E-state index in [2.05, 4.69) is 48.7 Å². The number of anilines is 1. The van der Waals surface area contributed by atoms with Crippen LogP contribution < -0.4 is 9.80 Å². The van der Waals surface area contributed by atoms with Crippen LogP contribution >= 0.6 is 0 Å².